The molecule has 2 nitrogen and oxygen atoms in total. The molecule has 0 aromatic heterocycles. The third-order valence-electron chi connectivity index (χ3n) is 3.09. The molecule has 2 unspecified atom stereocenters. The largest absolute Gasteiger partial charge is 0.456 e. The Morgan fingerprint density at radius 3 is 1.82 bits per heavy atom. The van der Waals surface area contributed by atoms with Gasteiger partial charge in [0.05, 0.1) is 0 Å². The third kappa shape index (κ3) is 1.72. The summed E-state index contributed by atoms with van der Waals surface area (Å²) in [5.74, 6) is -0.288. The van der Waals surface area contributed by atoms with E-state index in [1.54, 1.807) is 0 Å². The van der Waals surface area contributed by atoms with Gasteiger partial charge in [-0.05, 0) is 11.1 Å². The Labute approximate surface area is 99.9 Å². The number of benzene rings is 2. The summed E-state index contributed by atoms with van der Waals surface area (Å²) in [5, 5.41) is 0. The molecule has 0 N–H and O–H groups in total. The number of hydrogen-bond acceptors (Lipinski definition) is 2. The van der Waals surface area contributed by atoms with Gasteiger partial charge >= 0.3 is 5.97 Å². The van der Waals surface area contributed by atoms with E-state index in [1.807, 2.05) is 60.7 Å². The van der Waals surface area contributed by atoms with Crippen LogP contribution in [-0.2, 0) is 9.53 Å². The van der Waals surface area contributed by atoms with Gasteiger partial charge < -0.3 is 4.74 Å². The van der Waals surface area contributed by atoms with Gasteiger partial charge in [-0.1, -0.05) is 60.7 Å². The summed E-state index contributed by atoms with van der Waals surface area (Å²) in [4.78, 5) is 11.6. The van der Waals surface area contributed by atoms with Crippen LogP contribution in [0.25, 0.3) is 0 Å². The second kappa shape index (κ2) is 4.06. The van der Waals surface area contributed by atoms with Crippen molar-refractivity contribution in [3.05, 3.63) is 71.8 Å². The first kappa shape index (κ1) is 10.1. The van der Waals surface area contributed by atoms with Crippen LogP contribution in [0.1, 0.15) is 23.1 Å². The van der Waals surface area contributed by atoms with Crippen LogP contribution in [0.5, 0.6) is 0 Å². The predicted molar refractivity (Wildman–Crippen MR) is 64.5 cm³/mol. The minimum absolute atomic E-state index is 0.133. The molecule has 1 aliphatic heterocycles. The molecule has 0 amide bonds. The quantitative estimate of drug-likeness (QED) is 0.733. The fourth-order valence-corrected chi connectivity index (χ4v) is 2.19. The Bertz CT molecular complexity index is 519. The Morgan fingerprint density at radius 2 is 1.29 bits per heavy atom. The second-order valence-corrected chi connectivity index (χ2v) is 4.16. The molecule has 1 aliphatic rings. The molecule has 2 heteroatoms. The molecule has 1 fully saturated rings. The molecule has 1 saturated heterocycles. The lowest BCUT2D eigenvalue weighted by atomic mass is 9.85. The average molecular weight is 224 g/mol. The first-order valence-electron chi connectivity index (χ1n) is 5.66. The average Bonchev–Trinajstić information content (AvgIpc) is 2.38. The van der Waals surface area contributed by atoms with Crippen molar-refractivity contribution in [2.24, 2.45) is 0 Å². The van der Waals surface area contributed by atoms with E-state index in [9.17, 15) is 4.79 Å². The molecule has 0 saturated carbocycles. The fourth-order valence-electron chi connectivity index (χ4n) is 2.19. The molecular weight excluding hydrogens is 212 g/mol. The van der Waals surface area contributed by atoms with Gasteiger partial charge in [-0.25, -0.2) is 0 Å². The number of carbonyl (C=O) groups excluding carboxylic acids is 1. The van der Waals surface area contributed by atoms with E-state index in [0.717, 1.165) is 11.1 Å². The zero-order valence-electron chi connectivity index (χ0n) is 9.24. The van der Waals surface area contributed by atoms with E-state index >= 15 is 0 Å². The Hall–Kier alpha value is -2.09. The van der Waals surface area contributed by atoms with Crippen LogP contribution in [0.4, 0.5) is 0 Å². The van der Waals surface area contributed by atoms with Crippen molar-refractivity contribution >= 4 is 5.97 Å². The van der Waals surface area contributed by atoms with Gasteiger partial charge in [-0.2, -0.15) is 0 Å². The lowest BCUT2D eigenvalue weighted by Crippen LogP contribution is -2.36. The van der Waals surface area contributed by atoms with Gasteiger partial charge in [0.1, 0.15) is 12.0 Å². The Balaban J connectivity index is 1.92. The van der Waals surface area contributed by atoms with Crippen molar-refractivity contribution in [2.45, 2.75) is 12.0 Å². The molecule has 0 radical (unpaired) electrons. The van der Waals surface area contributed by atoms with Gasteiger partial charge in [0.2, 0.25) is 0 Å². The first-order valence-corrected chi connectivity index (χ1v) is 5.66. The van der Waals surface area contributed by atoms with Crippen LogP contribution >= 0.6 is 0 Å². The Morgan fingerprint density at radius 1 is 0.765 bits per heavy atom. The van der Waals surface area contributed by atoms with Crippen molar-refractivity contribution in [3.8, 4) is 0 Å². The number of carbonyl (C=O) groups is 1. The molecule has 0 spiro atoms. The number of rotatable bonds is 2. The normalized spacial score (nSPS) is 22.7. The summed E-state index contributed by atoms with van der Waals surface area (Å²) in [7, 11) is 0. The van der Waals surface area contributed by atoms with Crippen LogP contribution in [0.3, 0.4) is 0 Å². The smallest absolute Gasteiger partial charge is 0.318 e. The zero-order chi connectivity index (χ0) is 11.7. The topological polar surface area (TPSA) is 26.3 Å². The van der Waals surface area contributed by atoms with E-state index in [2.05, 4.69) is 0 Å². The highest BCUT2D eigenvalue weighted by Crippen LogP contribution is 2.43. The van der Waals surface area contributed by atoms with Crippen LogP contribution in [-0.4, -0.2) is 5.97 Å². The monoisotopic (exact) mass is 224 g/mol. The molecule has 3 rings (SSSR count). The highest BCUT2D eigenvalue weighted by molar-refractivity contribution is 5.84. The van der Waals surface area contributed by atoms with Crippen LogP contribution in [0.15, 0.2) is 60.7 Å². The van der Waals surface area contributed by atoms with Crippen LogP contribution in [0, 0.1) is 0 Å². The van der Waals surface area contributed by atoms with Gasteiger partial charge in [0.15, 0.2) is 0 Å². The maximum absolute atomic E-state index is 11.6. The fraction of sp³-hybridized carbons (Fsp3) is 0.133. The zero-order valence-corrected chi connectivity index (χ0v) is 9.24. The van der Waals surface area contributed by atoms with Crippen LogP contribution in [0.2, 0.25) is 0 Å². The molecule has 0 bridgehead atoms. The summed E-state index contributed by atoms with van der Waals surface area (Å²) >= 11 is 0. The lowest BCUT2D eigenvalue weighted by Gasteiger charge is -2.35. The maximum Gasteiger partial charge on any atom is 0.318 e. The van der Waals surface area contributed by atoms with Crippen LogP contribution < -0.4 is 0 Å². The van der Waals surface area contributed by atoms with E-state index in [1.165, 1.54) is 0 Å². The second-order valence-electron chi connectivity index (χ2n) is 4.16. The molecule has 2 aromatic carbocycles. The van der Waals surface area contributed by atoms with E-state index < -0.39 is 0 Å². The third-order valence-corrected chi connectivity index (χ3v) is 3.09. The molecule has 2 aromatic rings. The highest BCUT2D eigenvalue weighted by Gasteiger charge is 2.44. The summed E-state index contributed by atoms with van der Waals surface area (Å²) in [6.45, 7) is 0. The van der Waals surface area contributed by atoms with E-state index in [-0.39, 0.29) is 18.0 Å². The summed E-state index contributed by atoms with van der Waals surface area (Å²) < 4.78 is 5.25. The van der Waals surface area contributed by atoms with Crippen molar-refractivity contribution in [1.29, 1.82) is 0 Å². The van der Waals surface area contributed by atoms with Gasteiger partial charge in [-0.15, -0.1) is 0 Å². The first-order chi connectivity index (χ1) is 8.36. The predicted octanol–water partition coefficient (Wildman–Crippen LogP) is 3.07. The number of hydrogen-bond donors (Lipinski definition) is 0. The Kier molecular flexibility index (Phi) is 2.41. The van der Waals surface area contributed by atoms with Gasteiger partial charge in [0.25, 0.3) is 0 Å². The number of ether oxygens (including phenoxy) is 1. The lowest BCUT2D eigenvalue weighted by molar-refractivity contribution is -0.176. The molecule has 84 valence electrons. The number of esters is 1. The SMILES string of the molecule is O=C1OC(c2ccccc2)C1c1ccccc1. The summed E-state index contributed by atoms with van der Waals surface area (Å²) in [6.07, 6.45) is -0.133. The summed E-state index contributed by atoms with van der Waals surface area (Å²) in [5.41, 5.74) is 2.08. The molecule has 1 heterocycles. The maximum atomic E-state index is 11.6. The molecular formula is C15H12O2. The van der Waals surface area contributed by atoms with Crippen molar-refractivity contribution in [1.82, 2.24) is 0 Å². The van der Waals surface area contributed by atoms with Gasteiger partial charge in [-0.3, -0.25) is 4.79 Å². The summed E-state index contributed by atoms with van der Waals surface area (Å²) in [6, 6.07) is 19.7. The number of cyclic esters (lactones) is 1. The van der Waals surface area contributed by atoms with E-state index in [0.29, 0.717) is 0 Å². The van der Waals surface area contributed by atoms with Gasteiger partial charge in [0, 0.05) is 0 Å². The standard InChI is InChI=1S/C15H12O2/c16-15-13(11-7-3-1-4-8-11)14(17-15)12-9-5-2-6-10-12/h1-10,13-14H. The van der Waals surface area contributed by atoms with Crippen molar-refractivity contribution in [3.63, 3.8) is 0 Å². The van der Waals surface area contributed by atoms with Crippen molar-refractivity contribution < 1.29 is 9.53 Å². The minimum Gasteiger partial charge on any atom is -0.456 e. The molecule has 2 atom stereocenters. The van der Waals surface area contributed by atoms with Crippen molar-refractivity contribution in [2.75, 3.05) is 0 Å². The highest BCUT2D eigenvalue weighted by atomic mass is 16.6. The molecule has 0 aliphatic carbocycles. The minimum atomic E-state index is -0.154. The molecule has 17 heavy (non-hydrogen) atoms. The van der Waals surface area contributed by atoms with E-state index in [4.69, 9.17) is 4.74 Å².